The third-order valence-corrected chi connectivity index (χ3v) is 4.11. The Labute approximate surface area is 148 Å². The molecule has 0 bridgehead atoms. The summed E-state index contributed by atoms with van der Waals surface area (Å²) in [5.41, 5.74) is 1.19. The van der Waals surface area contributed by atoms with Crippen molar-refractivity contribution in [3.05, 3.63) is 52.0 Å². The Balaban J connectivity index is 1.93. The first-order valence-electron chi connectivity index (χ1n) is 7.81. The molecule has 0 saturated heterocycles. The lowest BCUT2D eigenvalue weighted by Gasteiger charge is -2.14. The van der Waals surface area contributed by atoms with E-state index in [0.29, 0.717) is 23.8 Å². The van der Waals surface area contributed by atoms with Gasteiger partial charge in [-0.3, -0.25) is 4.79 Å². The molecule has 4 nitrogen and oxygen atoms in total. The van der Waals surface area contributed by atoms with Gasteiger partial charge in [0.2, 0.25) is 0 Å². The fourth-order valence-electron chi connectivity index (χ4n) is 2.70. The van der Waals surface area contributed by atoms with Crippen LogP contribution in [-0.2, 0) is 6.42 Å². The third kappa shape index (κ3) is 3.54. The van der Waals surface area contributed by atoms with E-state index in [2.05, 4.69) is 5.32 Å². The Morgan fingerprint density at radius 3 is 2.76 bits per heavy atom. The van der Waals surface area contributed by atoms with Crippen LogP contribution in [0.2, 0.25) is 5.02 Å². The summed E-state index contributed by atoms with van der Waals surface area (Å²) in [5, 5.41) is 2.45. The molecule has 0 aliphatic carbocycles. The number of rotatable bonds is 4. The van der Waals surface area contributed by atoms with Crippen molar-refractivity contribution in [3.63, 3.8) is 0 Å². The minimum Gasteiger partial charge on any atom is -0.492 e. The third-order valence-electron chi connectivity index (χ3n) is 3.80. The molecule has 0 aromatic heterocycles. The molecule has 0 fully saturated rings. The molecule has 1 amide bonds. The smallest absolute Gasteiger partial charge is 0.257 e. The summed E-state index contributed by atoms with van der Waals surface area (Å²) >= 11 is 5.85. The van der Waals surface area contributed by atoms with Gasteiger partial charge in [0, 0.05) is 18.1 Å². The van der Waals surface area contributed by atoms with Gasteiger partial charge >= 0.3 is 0 Å². The number of carbonyl (C=O) groups excluding carboxylic acids is 1. The van der Waals surface area contributed by atoms with E-state index in [1.807, 2.05) is 19.9 Å². The van der Waals surface area contributed by atoms with Gasteiger partial charge in [0.25, 0.3) is 5.91 Å². The summed E-state index contributed by atoms with van der Waals surface area (Å²) in [7, 11) is 0. The highest BCUT2D eigenvalue weighted by Crippen LogP contribution is 2.38. The first-order valence-corrected chi connectivity index (χ1v) is 8.19. The number of benzene rings is 2. The van der Waals surface area contributed by atoms with Crippen LogP contribution in [0.4, 0.5) is 14.5 Å². The topological polar surface area (TPSA) is 47.6 Å². The molecule has 1 atom stereocenters. The van der Waals surface area contributed by atoms with Crippen molar-refractivity contribution in [2.45, 2.75) is 26.4 Å². The minimum atomic E-state index is -1.15. The second-order valence-electron chi connectivity index (χ2n) is 5.72. The van der Waals surface area contributed by atoms with Gasteiger partial charge in [-0.25, -0.2) is 8.78 Å². The number of halogens is 3. The second kappa shape index (κ2) is 6.88. The molecule has 7 heteroatoms. The summed E-state index contributed by atoms with van der Waals surface area (Å²) in [6.45, 7) is 4.17. The molecule has 132 valence electrons. The van der Waals surface area contributed by atoms with Crippen LogP contribution < -0.4 is 14.8 Å². The number of carbonyl (C=O) groups is 1. The maximum absolute atomic E-state index is 13.4. The molecular weight excluding hydrogens is 352 g/mol. The maximum atomic E-state index is 13.4. The lowest BCUT2D eigenvalue weighted by Crippen LogP contribution is -2.14. The molecule has 2 aromatic rings. The van der Waals surface area contributed by atoms with E-state index in [1.165, 1.54) is 0 Å². The SMILES string of the molecule is CCOc1cc2c(cc1NC(=O)c1cc(F)c(F)cc1Cl)OC(C)C2. The van der Waals surface area contributed by atoms with Crippen molar-refractivity contribution in [3.8, 4) is 11.5 Å². The lowest BCUT2D eigenvalue weighted by molar-refractivity contribution is 0.102. The van der Waals surface area contributed by atoms with Gasteiger partial charge in [-0.15, -0.1) is 0 Å². The molecule has 0 saturated carbocycles. The molecular formula is C18H16ClF2NO3. The first-order chi connectivity index (χ1) is 11.9. The molecule has 25 heavy (non-hydrogen) atoms. The van der Waals surface area contributed by atoms with Gasteiger partial charge in [0.1, 0.15) is 17.6 Å². The molecule has 0 spiro atoms. The summed E-state index contributed by atoms with van der Waals surface area (Å²) < 4.78 is 37.9. The fourth-order valence-corrected chi connectivity index (χ4v) is 2.93. The molecule has 1 unspecified atom stereocenters. The zero-order chi connectivity index (χ0) is 18.1. The maximum Gasteiger partial charge on any atom is 0.257 e. The van der Waals surface area contributed by atoms with Crippen molar-refractivity contribution in [2.24, 2.45) is 0 Å². The highest BCUT2D eigenvalue weighted by atomic mass is 35.5. The standard InChI is InChI=1S/C18H16ClF2NO3/c1-3-24-17-5-10-4-9(2)25-16(10)8-15(17)22-18(23)11-6-13(20)14(21)7-12(11)19/h5-9H,3-4H2,1-2H3,(H,22,23). The zero-order valence-corrected chi connectivity index (χ0v) is 14.4. The van der Waals surface area contributed by atoms with Gasteiger partial charge in [0.15, 0.2) is 11.6 Å². The van der Waals surface area contributed by atoms with Crippen molar-refractivity contribution >= 4 is 23.2 Å². The largest absolute Gasteiger partial charge is 0.492 e. The van der Waals surface area contributed by atoms with Crippen LogP contribution in [0.15, 0.2) is 24.3 Å². The number of fused-ring (bicyclic) bond motifs is 1. The summed E-state index contributed by atoms with van der Waals surface area (Å²) in [6, 6.07) is 5.00. The van der Waals surface area contributed by atoms with Gasteiger partial charge in [0.05, 0.1) is 22.9 Å². The van der Waals surface area contributed by atoms with Crippen molar-refractivity contribution < 1.29 is 23.0 Å². The average Bonchev–Trinajstić information content (AvgIpc) is 2.90. The first kappa shape index (κ1) is 17.5. The van der Waals surface area contributed by atoms with Crippen LogP contribution in [0.5, 0.6) is 11.5 Å². The monoisotopic (exact) mass is 367 g/mol. The van der Waals surface area contributed by atoms with Gasteiger partial charge in [-0.2, -0.15) is 0 Å². The number of ether oxygens (including phenoxy) is 2. The number of amides is 1. The molecule has 0 radical (unpaired) electrons. The predicted molar refractivity (Wildman–Crippen MR) is 90.7 cm³/mol. The molecule has 1 N–H and O–H groups in total. The van der Waals surface area contributed by atoms with Crippen LogP contribution in [0.25, 0.3) is 0 Å². The van der Waals surface area contributed by atoms with E-state index in [4.69, 9.17) is 21.1 Å². The van der Waals surface area contributed by atoms with Gasteiger partial charge in [-0.1, -0.05) is 11.6 Å². The normalized spacial score (nSPS) is 15.5. The van der Waals surface area contributed by atoms with Gasteiger partial charge < -0.3 is 14.8 Å². The molecule has 1 aliphatic rings. The van der Waals surface area contributed by atoms with Gasteiger partial charge in [-0.05, 0) is 32.0 Å². The Bertz CT molecular complexity index is 842. The van der Waals surface area contributed by atoms with Crippen molar-refractivity contribution in [1.29, 1.82) is 0 Å². The average molecular weight is 368 g/mol. The van der Waals surface area contributed by atoms with Crippen LogP contribution in [0, 0.1) is 11.6 Å². The summed E-state index contributed by atoms with van der Waals surface area (Å²) in [4.78, 5) is 12.4. The number of hydrogen-bond donors (Lipinski definition) is 1. The van der Waals surface area contributed by atoms with E-state index in [1.54, 1.807) is 6.07 Å². The van der Waals surface area contributed by atoms with E-state index < -0.39 is 17.5 Å². The quantitative estimate of drug-likeness (QED) is 0.804. The van der Waals surface area contributed by atoms with Crippen LogP contribution in [0.1, 0.15) is 29.8 Å². The minimum absolute atomic E-state index is 0.0380. The fraction of sp³-hybridized carbons (Fsp3) is 0.278. The number of anilines is 1. The summed E-state index contributed by atoms with van der Waals surface area (Å²) in [5.74, 6) is -1.80. The molecule has 1 aliphatic heterocycles. The lowest BCUT2D eigenvalue weighted by atomic mass is 10.1. The van der Waals surface area contributed by atoms with Crippen molar-refractivity contribution in [1.82, 2.24) is 0 Å². The van der Waals surface area contributed by atoms with Crippen LogP contribution >= 0.6 is 11.6 Å². The molecule has 3 rings (SSSR count). The Kier molecular flexibility index (Phi) is 4.81. The van der Waals surface area contributed by atoms with Crippen molar-refractivity contribution in [2.75, 3.05) is 11.9 Å². The highest BCUT2D eigenvalue weighted by molar-refractivity contribution is 6.34. The van der Waals surface area contributed by atoms with Crippen LogP contribution in [-0.4, -0.2) is 18.6 Å². The Morgan fingerprint density at radius 1 is 1.32 bits per heavy atom. The highest BCUT2D eigenvalue weighted by Gasteiger charge is 2.23. The predicted octanol–water partition coefficient (Wildman–Crippen LogP) is 4.59. The molecule has 1 heterocycles. The van der Waals surface area contributed by atoms with E-state index in [-0.39, 0.29) is 16.7 Å². The Morgan fingerprint density at radius 2 is 2.04 bits per heavy atom. The van der Waals surface area contributed by atoms with E-state index in [9.17, 15) is 13.6 Å². The Hall–Kier alpha value is -2.34. The summed E-state index contributed by atoms with van der Waals surface area (Å²) in [6.07, 6.45) is 0.787. The number of nitrogens with one attached hydrogen (secondary N) is 1. The van der Waals surface area contributed by atoms with E-state index in [0.717, 1.165) is 24.1 Å². The molecule has 2 aromatic carbocycles. The van der Waals surface area contributed by atoms with Crippen LogP contribution in [0.3, 0.4) is 0 Å². The second-order valence-corrected chi connectivity index (χ2v) is 6.13. The van der Waals surface area contributed by atoms with E-state index >= 15 is 0 Å². The zero-order valence-electron chi connectivity index (χ0n) is 13.7. The number of hydrogen-bond acceptors (Lipinski definition) is 3.